The summed E-state index contributed by atoms with van der Waals surface area (Å²) in [4.78, 5) is 11.2. The molecule has 0 aliphatic rings. The van der Waals surface area contributed by atoms with Crippen LogP contribution >= 0.6 is 0 Å². The van der Waals surface area contributed by atoms with Crippen LogP contribution in [-0.2, 0) is 19.0 Å². The summed E-state index contributed by atoms with van der Waals surface area (Å²) in [6.07, 6.45) is 1.17. The zero-order chi connectivity index (χ0) is 13.1. The van der Waals surface area contributed by atoms with Gasteiger partial charge in [0, 0.05) is 19.1 Å². The normalized spacial score (nSPS) is 11.4. The third kappa shape index (κ3) is 11.8. The van der Waals surface area contributed by atoms with Crippen molar-refractivity contribution in [2.75, 3.05) is 33.0 Å². The average molecular weight is 246 g/mol. The number of ether oxygens (including phenoxy) is 3. The summed E-state index contributed by atoms with van der Waals surface area (Å²) < 4.78 is 15.9. The van der Waals surface area contributed by atoms with Crippen molar-refractivity contribution in [3.63, 3.8) is 0 Å². The maximum Gasteiger partial charge on any atom is 0.160 e. The van der Waals surface area contributed by atoms with Crippen molar-refractivity contribution in [3.8, 4) is 0 Å². The van der Waals surface area contributed by atoms with Crippen LogP contribution in [0, 0.1) is 5.92 Å². The van der Waals surface area contributed by atoms with E-state index >= 15 is 0 Å². The van der Waals surface area contributed by atoms with Crippen molar-refractivity contribution >= 4 is 5.78 Å². The fraction of sp³-hybridized carbons (Fsp3) is 0.923. The smallest absolute Gasteiger partial charge is 0.160 e. The van der Waals surface area contributed by atoms with Crippen LogP contribution < -0.4 is 0 Å². The van der Waals surface area contributed by atoms with E-state index in [1.165, 1.54) is 0 Å². The van der Waals surface area contributed by atoms with Crippen molar-refractivity contribution in [1.29, 1.82) is 0 Å². The summed E-state index contributed by atoms with van der Waals surface area (Å²) in [5.74, 6) is 0.180. The van der Waals surface area contributed by atoms with E-state index in [4.69, 9.17) is 14.2 Å². The van der Waals surface area contributed by atoms with Gasteiger partial charge in [-0.2, -0.15) is 0 Å². The Morgan fingerprint density at radius 1 is 0.941 bits per heavy atom. The highest BCUT2D eigenvalue weighted by Crippen LogP contribution is 1.95. The number of carbonyl (C=O) groups excluding carboxylic acids is 1. The monoisotopic (exact) mass is 246 g/mol. The van der Waals surface area contributed by atoms with Crippen molar-refractivity contribution in [2.45, 2.75) is 40.2 Å². The minimum Gasteiger partial charge on any atom is -0.379 e. The molecule has 0 amide bonds. The summed E-state index contributed by atoms with van der Waals surface area (Å²) in [5.41, 5.74) is 0. The number of carbonyl (C=O) groups is 1. The summed E-state index contributed by atoms with van der Waals surface area (Å²) in [5, 5.41) is 0. The number of Topliss-reactive ketones (excluding diaryl/α,β-unsaturated/α-hetero) is 1. The maximum absolute atomic E-state index is 11.2. The van der Waals surface area contributed by atoms with Gasteiger partial charge >= 0.3 is 0 Å². The van der Waals surface area contributed by atoms with Crippen LogP contribution in [-0.4, -0.2) is 44.9 Å². The molecule has 0 unspecified atom stereocenters. The zero-order valence-electron chi connectivity index (χ0n) is 11.5. The molecule has 0 spiro atoms. The Morgan fingerprint density at radius 2 is 1.59 bits per heavy atom. The average Bonchev–Trinajstić information content (AvgIpc) is 2.25. The third-order valence-corrected chi connectivity index (χ3v) is 2.14. The molecule has 0 aromatic carbocycles. The first kappa shape index (κ1) is 16.6. The lowest BCUT2D eigenvalue weighted by molar-refractivity contribution is -0.127. The Kier molecular flexibility index (Phi) is 10.4. The fourth-order valence-electron chi connectivity index (χ4n) is 1.04. The van der Waals surface area contributed by atoms with Gasteiger partial charge in [0.15, 0.2) is 5.78 Å². The van der Waals surface area contributed by atoms with E-state index in [0.29, 0.717) is 19.8 Å². The minimum absolute atomic E-state index is 0.0455. The van der Waals surface area contributed by atoms with Crippen LogP contribution in [0.5, 0.6) is 0 Å². The van der Waals surface area contributed by atoms with Crippen molar-refractivity contribution < 1.29 is 19.0 Å². The lowest BCUT2D eigenvalue weighted by Crippen LogP contribution is -2.17. The second kappa shape index (κ2) is 10.7. The molecule has 0 saturated heterocycles. The lowest BCUT2D eigenvalue weighted by Gasteiger charge is -2.08. The van der Waals surface area contributed by atoms with Gasteiger partial charge in [0.25, 0.3) is 0 Å². The van der Waals surface area contributed by atoms with Crippen LogP contribution in [0.25, 0.3) is 0 Å². The molecule has 0 heterocycles. The molecule has 0 rings (SSSR count). The van der Waals surface area contributed by atoms with Crippen LogP contribution in [0.2, 0.25) is 0 Å². The highest BCUT2D eigenvalue weighted by Gasteiger charge is 2.06. The van der Waals surface area contributed by atoms with Gasteiger partial charge in [-0.05, 0) is 20.3 Å². The van der Waals surface area contributed by atoms with Crippen molar-refractivity contribution in [2.24, 2.45) is 5.92 Å². The van der Waals surface area contributed by atoms with E-state index < -0.39 is 0 Å². The van der Waals surface area contributed by atoms with E-state index in [1.807, 2.05) is 27.7 Å². The summed E-state index contributed by atoms with van der Waals surface area (Å²) in [7, 11) is 0. The van der Waals surface area contributed by atoms with E-state index in [1.54, 1.807) is 0 Å². The highest BCUT2D eigenvalue weighted by atomic mass is 16.5. The van der Waals surface area contributed by atoms with Gasteiger partial charge < -0.3 is 14.2 Å². The van der Waals surface area contributed by atoms with Crippen LogP contribution in [0.4, 0.5) is 0 Å². The van der Waals surface area contributed by atoms with Gasteiger partial charge in [-0.3, -0.25) is 4.79 Å². The Morgan fingerprint density at radius 3 is 2.18 bits per heavy atom. The quantitative estimate of drug-likeness (QED) is 0.523. The number of hydrogen-bond acceptors (Lipinski definition) is 4. The molecule has 0 fully saturated rings. The standard InChI is InChI=1S/C13H26O4/c1-11(2)13(14)10-16-9-8-15-6-5-7-17-12(3)4/h11-12H,5-10H2,1-4H3. The lowest BCUT2D eigenvalue weighted by atomic mass is 10.1. The molecule has 0 bridgehead atoms. The molecule has 102 valence electrons. The van der Waals surface area contributed by atoms with E-state index in [0.717, 1.165) is 13.0 Å². The molecular weight excluding hydrogens is 220 g/mol. The predicted octanol–water partition coefficient (Wildman–Crippen LogP) is 2.06. The van der Waals surface area contributed by atoms with Gasteiger partial charge in [0.05, 0.1) is 19.3 Å². The van der Waals surface area contributed by atoms with Gasteiger partial charge in [-0.15, -0.1) is 0 Å². The summed E-state index contributed by atoms with van der Waals surface area (Å²) in [6.45, 7) is 10.4. The number of rotatable bonds is 11. The van der Waals surface area contributed by atoms with Crippen LogP contribution in [0.3, 0.4) is 0 Å². The molecule has 4 heteroatoms. The molecule has 0 aliphatic carbocycles. The Balaban J connectivity index is 3.11. The second-order valence-electron chi connectivity index (χ2n) is 4.56. The molecule has 0 aromatic heterocycles. The van der Waals surface area contributed by atoms with Crippen LogP contribution in [0.1, 0.15) is 34.1 Å². The maximum atomic E-state index is 11.2. The van der Waals surface area contributed by atoms with Gasteiger partial charge in [-0.1, -0.05) is 13.8 Å². The third-order valence-electron chi connectivity index (χ3n) is 2.14. The molecule has 17 heavy (non-hydrogen) atoms. The molecule has 0 saturated carbocycles. The Labute approximate surface area is 105 Å². The van der Waals surface area contributed by atoms with Crippen molar-refractivity contribution in [1.82, 2.24) is 0 Å². The van der Waals surface area contributed by atoms with Gasteiger partial charge in [0.2, 0.25) is 0 Å². The molecule has 0 aliphatic heterocycles. The highest BCUT2D eigenvalue weighted by molar-refractivity contribution is 5.81. The second-order valence-corrected chi connectivity index (χ2v) is 4.56. The molecule has 0 radical (unpaired) electrons. The fourth-order valence-corrected chi connectivity index (χ4v) is 1.04. The summed E-state index contributed by atoms with van der Waals surface area (Å²) >= 11 is 0. The minimum atomic E-state index is 0.0455. The van der Waals surface area contributed by atoms with E-state index in [2.05, 4.69) is 0 Å². The predicted molar refractivity (Wildman–Crippen MR) is 67.2 cm³/mol. The first-order valence-corrected chi connectivity index (χ1v) is 6.33. The number of ketones is 1. The first-order valence-electron chi connectivity index (χ1n) is 6.33. The zero-order valence-corrected chi connectivity index (χ0v) is 11.5. The van der Waals surface area contributed by atoms with Crippen LogP contribution in [0.15, 0.2) is 0 Å². The largest absolute Gasteiger partial charge is 0.379 e. The number of hydrogen-bond donors (Lipinski definition) is 0. The van der Waals surface area contributed by atoms with Gasteiger partial charge in [-0.25, -0.2) is 0 Å². The molecule has 0 N–H and O–H groups in total. The molecular formula is C13H26O4. The Bertz CT molecular complexity index is 190. The topological polar surface area (TPSA) is 44.8 Å². The SMILES string of the molecule is CC(C)OCCCOCCOCC(=O)C(C)C. The molecule has 4 nitrogen and oxygen atoms in total. The van der Waals surface area contributed by atoms with E-state index in [-0.39, 0.29) is 24.4 Å². The van der Waals surface area contributed by atoms with Crippen molar-refractivity contribution in [3.05, 3.63) is 0 Å². The Hall–Kier alpha value is -0.450. The van der Waals surface area contributed by atoms with Gasteiger partial charge in [0.1, 0.15) is 6.61 Å². The molecule has 0 atom stereocenters. The van der Waals surface area contributed by atoms with E-state index in [9.17, 15) is 4.79 Å². The first-order chi connectivity index (χ1) is 8.04. The molecule has 0 aromatic rings. The summed E-state index contributed by atoms with van der Waals surface area (Å²) in [6, 6.07) is 0.